The lowest BCUT2D eigenvalue weighted by molar-refractivity contribution is -0.145. The quantitative estimate of drug-likeness (QED) is 0.122. The minimum atomic E-state index is -0.353. The summed E-state index contributed by atoms with van der Waals surface area (Å²) in [4.78, 5) is 13.7. The number of para-hydroxylation sites is 2. The van der Waals surface area contributed by atoms with Gasteiger partial charge in [0.05, 0.1) is 6.61 Å². The maximum Gasteiger partial charge on any atom is 0.317 e. The Morgan fingerprint density at radius 3 is 1.87 bits per heavy atom. The number of rotatable bonds is 9. The van der Waals surface area contributed by atoms with Gasteiger partial charge in [-0.3, -0.25) is 4.79 Å². The third-order valence-electron chi connectivity index (χ3n) is 11.4. The maximum atomic E-state index is 13.7. The molecule has 236 valence electrons. The zero-order chi connectivity index (χ0) is 31.9. The first-order valence-electron chi connectivity index (χ1n) is 17.4. The predicted molar refractivity (Wildman–Crippen MR) is 193 cm³/mol. The zero-order valence-electron chi connectivity index (χ0n) is 27.0. The number of allylic oxidation sites excluding steroid dienone is 4. The molecule has 8 rings (SSSR count). The molecule has 6 unspecified atom stereocenters. The van der Waals surface area contributed by atoms with Gasteiger partial charge in [0.15, 0.2) is 0 Å². The van der Waals surface area contributed by atoms with Crippen LogP contribution in [0.4, 0.5) is 0 Å². The van der Waals surface area contributed by atoms with Gasteiger partial charge in [0, 0.05) is 28.4 Å². The summed E-state index contributed by atoms with van der Waals surface area (Å²) in [6.45, 7) is 9.84. The molecule has 0 bridgehead atoms. The summed E-state index contributed by atoms with van der Waals surface area (Å²) in [5.74, 6) is 2.20. The third kappa shape index (κ3) is 5.36. The van der Waals surface area contributed by atoms with Crippen LogP contribution in [0, 0.1) is 35.5 Å². The van der Waals surface area contributed by atoms with E-state index in [1.165, 1.54) is 21.8 Å². The smallest absolute Gasteiger partial charge is 0.317 e. The second-order valence-corrected chi connectivity index (χ2v) is 14.0. The molecule has 0 amide bonds. The highest BCUT2D eigenvalue weighted by Crippen LogP contribution is 2.46. The third-order valence-corrected chi connectivity index (χ3v) is 11.4. The van der Waals surface area contributed by atoms with Crippen LogP contribution in [0.1, 0.15) is 42.7 Å². The summed E-state index contributed by atoms with van der Waals surface area (Å²) < 4.78 is 8.71. The molecule has 47 heavy (non-hydrogen) atoms. The molecule has 3 aliphatic rings. The van der Waals surface area contributed by atoms with Gasteiger partial charge in [0.2, 0.25) is 0 Å². The van der Waals surface area contributed by atoms with Crippen LogP contribution in [0.25, 0.3) is 32.9 Å². The van der Waals surface area contributed by atoms with Crippen molar-refractivity contribution in [1.82, 2.24) is 4.57 Å². The lowest BCUT2D eigenvalue weighted by atomic mass is 9.93. The number of nitrogens with zero attached hydrogens (tertiary/aromatic N) is 1. The molecule has 3 aliphatic carbocycles. The van der Waals surface area contributed by atoms with E-state index in [9.17, 15) is 4.79 Å². The summed E-state index contributed by atoms with van der Waals surface area (Å²) in [6.07, 6.45) is 13.6. The molecule has 3 nitrogen and oxygen atoms in total. The number of carbonyl (C=O) groups is 1. The van der Waals surface area contributed by atoms with Gasteiger partial charge >= 0.3 is 5.97 Å². The van der Waals surface area contributed by atoms with Crippen LogP contribution in [-0.2, 0) is 16.1 Å². The van der Waals surface area contributed by atoms with Crippen LogP contribution in [-0.4, -0.2) is 17.1 Å². The second-order valence-electron chi connectivity index (χ2n) is 14.0. The summed E-state index contributed by atoms with van der Waals surface area (Å²) >= 11 is 0. The zero-order valence-corrected chi connectivity index (χ0v) is 27.0. The van der Waals surface area contributed by atoms with E-state index in [0.717, 1.165) is 54.5 Å². The molecule has 0 saturated heterocycles. The van der Waals surface area contributed by atoms with Gasteiger partial charge in [-0.25, -0.2) is 0 Å². The van der Waals surface area contributed by atoms with Crippen molar-refractivity contribution in [2.75, 3.05) is 6.61 Å². The molecular formula is C44H43NO2. The first-order chi connectivity index (χ1) is 23.1. The van der Waals surface area contributed by atoms with Crippen molar-refractivity contribution in [2.45, 2.75) is 38.1 Å². The summed E-state index contributed by atoms with van der Waals surface area (Å²) in [5.41, 5.74) is 7.03. The summed E-state index contributed by atoms with van der Waals surface area (Å²) in [6, 6.07) is 34.1. The van der Waals surface area contributed by atoms with Crippen LogP contribution >= 0.6 is 0 Å². The molecule has 4 aromatic carbocycles. The van der Waals surface area contributed by atoms with Crippen molar-refractivity contribution in [3.63, 3.8) is 0 Å². The van der Waals surface area contributed by atoms with Gasteiger partial charge in [-0.05, 0) is 95.6 Å². The lowest BCUT2D eigenvalue weighted by Crippen LogP contribution is -2.21. The molecule has 6 atom stereocenters. The molecule has 0 aliphatic heterocycles. The normalized spacial score (nSPS) is 25.4. The monoisotopic (exact) mass is 617 g/mol. The summed E-state index contributed by atoms with van der Waals surface area (Å²) in [7, 11) is 0. The van der Waals surface area contributed by atoms with Crippen molar-refractivity contribution < 1.29 is 9.53 Å². The molecule has 5 aromatic rings. The number of hydrogen-bond donors (Lipinski definition) is 0. The SMILES string of the molecule is C=CC1CC(/C=C\C2CC(C=C)C(Cn3c4ccccc4c4ccccc43)C2)C(COC(=O)C2c3ccccc3-c3ccccc32)C1. The standard InChI is InChI=1S/C44H43NO2/c1-3-29-23-32(34(24-29)28-47-44(46)43-39-17-7-5-13-35(39)36-14-6-8-18-40(36)43)22-21-30-25-31(4-2)33(26-30)27-45-41-19-11-9-15-37(41)38-16-10-12-20-42(38)45/h3-22,29-34,43H,1-2,23-28H2/b22-21-. The molecule has 3 heteroatoms. The van der Waals surface area contributed by atoms with Crippen molar-refractivity contribution in [3.8, 4) is 11.1 Å². The summed E-state index contributed by atoms with van der Waals surface area (Å²) in [5, 5.41) is 2.66. The van der Waals surface area contributed by atoms with Crippen molar-refractivity contribution in [3.05, 3.63) is 146 Å². The molecule has 0 N–H and O–H groups in total. The average molecular weight is 618 g/mol. The Bertz CT molecular complexity index is 1900. The Morgan fingerprint density at radius 2 is 1.23 bits per heavy atom. The van der Waals surface area contributed by atoms with E-state index in [1.54, 1.807) is 0 Å². The molecule has 0 radical (unpaired) electrons. The predicted octanol–water partition coefficient (Wildman–Crippen LogP) is 10.4. The largest absolute Gasteiger partial charge is 0.465 e. The molecular weight excluding hydrogens is 574 g/mol. The Labute approximate surface area is 278 Å². The first-order valence-corrected chi connectivity index (χ1v) is 17.4. The van der Waals surface area contributed by atoms with Crippen LogP contribution < -0.4 is 0 Å². The Hall–Kier alpha value is -4.63. The Kier molecular flexibility index (Phi) is 7.93. The Morgan fingerprint density at radius 1 is 0.660 bits per heavy atom. The van der Waals surface area contributed by atoms with Crippen LogP contribution in [0.2, 0.25) is 0 Å². The Balaban J connectivity index is 0.961. The average Bonchev–Trinajstić information content (AvgIpc) is 3.87. The number of hydrogen-bond acceptors (Lipinski definition) is 2. The molecule has 0 spiro atoms. The number of fused-ring (bicyclic) bond motifs is 6. The maximum absolute atomic E-state index is 13.7. The number of ether oxygens (including phenoxy) is 1. The van der Waals surface area contributed by atoms with Crippen LogP contribution in [0.5, 0.6) is 0 Å². The fourth-order valence-electron chi connectivity index (χ4n) is 9.10. The molecule has 2 fully saturated rings. The van der Waals surface area contributed by atoms with E-state index in [2.05, 4.69) is 115 Å². The number of esters is 1. The molecule has 1 aromatic heterocycles. The highest BCUT2D eigenvalue weighted by atomic mass is 16.5. The van der Waals surface area contributed by atoms with Crippen molar-refractivity contribution in [2.24, 2.45) is 35.5 Å². The number of aromatic nitrogens is 1. The molecule has 1 heterocycles. The van der Waals surface area contributed by atoms with E-state index in [1.807, 2.05) is 24.3 Å². The highest BCUT2D eigenvalue weighted by molar-refractivity contribution is 6.08. The fourth-order valence-corrected chi connectivity index (χ4v) is 9.10. The van der Waals surface area contributed by atoms with Crippen molar-refractivity contribution >= 4 is 27.8 Å². The van der Waals surface area contributed by atoms with E-state index >= 15 is 0 Å². The minimum Gasteiger partial charge on any atom is -0.465 e. The van der Waals surface area contributed by atoms with E-state index in [-0.39, 0.29) is 11.9 Å². The topological polar surface area (TPSA) is 31.2 Å². The minimum absolute atomic E-state index is 0.135. The van der Waals surface area contributed by atoms with E-state index in [0.29, 0.717) is 42.1 Å². The van der Waals surface area contributed by atoms with Crippen LogP contribution in [0.3, 0.4) is 0 Å². The number of carbonyl (C=O) groups excluding carboxylic acids is 1. The van der Waals surface area contributed by atoms with E-state index < -0.39 is 0 Å². The van der Waals surface area contributed by atoms with Gasteiger partial charge in [-0.15, -0.1) is 13.2 Å². The van der Waals surface area contributed by atoms with Gasteiger partial charge < -0.3 is 9.30 Å². The number of benzene rings is 4. The van der Waals surface area contributed by atoms with E-state index in [4.69, 9.17) is 4.74 Å². The lowest BCUT2D eigenvalue weighted by Gasteiger charge is -2.19. The second kappa shape index (κ2) is 12.5. The fraction of sp³-hybridized carbons (Fsp3) is 0.295. The molecule has 2 saturated carbocycles. The van der Waals surface area contributed by atoms with Gasteiger partial charge in [-0.2, -0.15) is 0 Å². The highest BCUT2D eigenvalue weighted by Gasteiger charge is 2.38. The van der Waals surface area contributed by atoms with Crippen LogP contribution in [0.15, 0.2) is 135 Å². The van der Waals surface area contributed by atoms with Crippen molar-refractivity contribution in [1.29, 1.82) is 0 Å². The van der Waals surface area contributed by atoms with Gasteiger partial charge in [-0.1, -0.05) is 109 Å². The van der Waals surface area contributed by atoms with Gasteiger partial charge in [0.1, 0.15) is 5.92 Å². The first kappa shape index (κ1) is 29.8. The van der Waals surface area contributed by atoms with Gasteiger partial charge in [0.25, 0.3) is 0 Å².